The first kappa shape index (κ1) is 12.5. The second-order valence-electron chi connectivity index (χ2n) is 4.35. The van der Waals surface area contributed by atoms with E-state index in [1.807, 2.05) is 30.1 Å². The van der Waals surface area contributed by atoms with Gasteiger partial charge in [-0.05, 0) is 30.8 Å². The standard InChI is InChI=1S/C14H16FN3/c1-18(9-11-6-7-17-14(16)8-11)10-12-4-2-3-5-13(12)15/h2-8H,9-10H2,1H3,(H2,16,17). The largest absolute Gasteiger partial charge is 0.384 e. The molecule has 3 nitrogen and oxygen atoms in total. The molecule has 0 unspecified atom stereocenters. The van der Waals surface area contributed by atoms with Crippen LogP contribution in [-0.2, 0) is 13.1 Å². The molecule has 0 fully saturated rings. The van der Waals surface area contributed by atoms with E-state index >= 15 is 0 Å². The topological polar surface area (TPSA) is 42.2 Å². The van der Waals surface area contributed by atoms with Crippen molar-refractivity contribution in [2.75, 3.05) is 12.8 Å². The molecule has 94 valence electrons. The van der Waals surface area contributed by atoms with Crippen molar-refractivity contribution in [1.82, 2.24) is 9.88 Å². The minimum Gasteiger partial charge on any atom is -0.384 e. The van der Waals surface area contributed by atoms with E-state index in [2.05, 4.69) is 4.98 Å². The van der Waals surface area contributed by atoms with Crippen LogP contribution in [-0.4, -0.2) is 16.9 Å². The average Bonchev–Trinajstić information content (AvgIpc) is 2.32. The van der Waals surface area contributed by atoms with Gasteiger partial charge in [-0.25, -0.2) is 9.37 Å². The van der Waals surface area contributed by atoms with Crippen LogP contribution in [0.1, 0.15) is 11.1 Å². The van der Waals surface area contributed by atoms with Crippen molar-refractivity contribution in [3.63, 3.8) is 0 Å². The van der Waals surface area contributed by atoms with E-state index in [0.717, 1.165) is 5.56 Å². The lowest BCUT2D eigenvalue weighted by molar-refractivity contribution is 0.313. The van der Waals surface area contributed by atoms with Crippen molar-refractivity contribution in [3.8, 4) is 0 Å². The zero-order valence-corrected chi connectivity index (χ0v) is 10.3. The highest BCUT2D eigenvalue weighted by molar-refractivity contribution is 5.31. The van der Waals surface area contributed by atoms with Gasteiger partial charge in [0.2, 0.25) is 0 Å². The number of anilines is 1. The summed E-state index contributed by atoms with van der Waals surface area (Å²) in [5, 5.41) is 0. The molecule has 0 aliphatic carbocycles. The summed E-state index contributed by atoms with van der Waals surface area (Å²) in [6.45, 7) is 1.27. The van der Waals surface area contributed by atoms with Gasteiger partial charge >= 0.3 is 0 Å². The number of aromatic nitrogens is 1. The third kappa shape index (κ3) is 3.28. The van der Waals surface area contributed by atoms with Gasteiger partial charge < -0.3 is 5.73 Å². The molecule has 2 N–H and O–H groups in total. The smallest absolute Gasteiger partial charge is 0.127 e. The predicted molar refractivity (Wildman–Crippen MR) is 70.2 cm³/mol. The van der Waals surface area contributed by atoms with Crippen LogP contribution in [0.25, 0.3) is 0 Å². The fourth-order valence-corrected chi connectivity index (χ4v) is 1.88. The molecule has 18 heavy (non-hydrogen) atoms. The van der Waals surface area contributed by atoms with Crippen molar-refractivity contribution in [2.45, 2.75) is 13.1 Å². The van der Waals surface area contributed by atoms with Gasteiger partial charge in [0.1, 0.15) is 11.6 Å². The number of halogens is 1. The molecule has 1 aromatic heterocycles. The minimum atomic E-state index is -0.168. The highest BCUT2D eigenvalue weighted by Gasteiger charge is 2.05. The molecule has 0 aliphatic rings. The van der Waals surface area contributed by atoms with Crippen molar-refractivity contribution in [3.05, 3.63) is 59.5 Å². The Kier molecular flexibility index (Phi) is 3.89. The van der Waals surface area contributed by atoms with Gasteiger partial charge in [0.25, 0.3) is 0 Å². The summed E-state index contributed by atoms with van der Waals surface area (Å²) in [6.07, 6.45) is 1.68. The highest BCUT2D eigenvalue weighted by Crippen LogP contribution is 2.12. The lowest BCUT2D eigenvalue weighted by Crippen LogP contribution is -2.18. The molecule has 0 bridgehead atoms. The number of nitrogens with zero attached hydrogens (tertiary/aromatic N) is 2. The number of nitrogen functional groups attached to an aromatic ring is 1. The summed E-state index contributed by atoms with van der Waals surface area (Å²) in [5.41, 5.74) is 7.39. The van der Waals surface area contributed by atoms with E-state index in [0.29, 0.717) is 24.5 Å². The highest BCUT2D eigenvalue weighted by atomic mass is 19.1. The van der Waals surface area contributed by atoms with Crippen LogP contribution < -0.4 is 5.73 Å². The molecule has 0 amide bonds. The molecule has 0 saturated carbocycles. The summed E-state index contributed by atoms with van der Waals surface area (Å²) in [7, 11) is 1.95. The van der Waals surface area contributed by atoms with Gasteiger partial charge in [-0.1, -0.05) is 18.2 Å². The number of hydrogen-bond donors (Lipinski definition) is 1. The molecule has 2 rings (SSSR count). The van der Waals surface area contributed by atoms with E-state index in [1.54, 1.807) is 18.3 Å². The molecule has 1 aromatic carbocycles. The Morgan fingerprint density at radius 2 is 2.00 bits per heavy atom. The molecule has 0 aliphatic heterocycles. The van der Waals surface area contributed by atoms with E-state index in [9.17, 15) is 4.39 Å². The van der Waals surface area contributed by atoms with Crippen LogP contribution >= 0.6 is 0 Å². The number of nitrogens with two attached hydrogens (primary N) is 1. The predicted octanol–water partition coefficient (Wildman–Crippen LogP) is 2.43. The van der Waals surface area contributed by atoms with Gasteiger partial charge in [-0.2, -0.15) is 0 Å². The van der Waals surface area contributed by atoms with Crippen LogP contribution in [0.15, 0.2) is 42.6 Å². The van der Waals surface area contributed by atoms with E-state index < -0.39 is 0 Å². The molecule has 0 atom stereocenters. The van der Waals surface area contributed by atoms with Crippen molar-refractivity contribution < 1.29 is 4.39 Å². The fourth-order valence-electron chi connectivity index (χ4n) is 1.88. The summed E-state index contributed by atoms with van der Waals surface area (Å²) in [5.74, 6) is 0.338. The van der Waals surface area contributed by atoms with Crippen LogP contribution in [0.5, 0.6) is 0 Å². The Labute approximate surface area is 106 Å². The van der Waals surface area contributed by atoms with Crippen molar-refractivity contribution >= 4 is 5.82 Å². The third-order valence-electron chi connectivity index (χ3n) is 2.70. The molecule has 4 heteroatoms. The van der Waals surface area contributed by atoms with E-state index in [-0.39, 0.29) is 5.82 Å². The molecule has 1 heterocycles. The van der Waals surface area contributed by atoms with Gasteiger partial charge in [0.05, 0.1) is 0 Å². The normalized spacial score (nSPS) is 10.8. The maximum Gasteiger partial charge on any atom is 0.127 e. The summed E-state index contributed by atoms with van der Waals surface area (Å²) in [4.78, 5) is 5.98. The van der Waals surface area contributed by atoms with E-state index in [1.165, 1.54) is 6.07 Å². The second-order valence-corrected chi connectivity index (χ2v) is 4.35. The lowest BCUT2D eigenvalue weighted by Gasteiger charge is -2.17. The van der Waals surface area contributed by atoms with Crippen LogP contribution in [0, 0.1) is 5.82 Å². The Bertz CT molecular complexity index is 528. The van der Waals surface area contributed by atoms with Gasteiger partial charge in [-0.15, -0.1) is 0 Å². The molecule has 0 saturated heterocycles. The maximum atomic E-state index is 13.5. The Morgan fingerprint density at radius 3 is 2.72 bits per heavy atom. The van der Waals surface area contributed by atoms with Crippen molar-refractivity contribution in [1.29, 1.82) is 0 Å². The molecule has 0 spiro atoms. The van der Waals surface area contributed by atoms with Gasteiger partial charge in [-0.3, -0.25) is 4.90 Å². The maximum absolute atomic E-state index is 13.5. The summed E-state index contributed by atoms with van der Waals surface area (Å²) >= 11 is 0. The zero-order chi connectivity index (χ0) is 13.0. The van der Waals surface area contributed by atoms with Gasteiger partial charge in [0.15, 0.2) is 0 Å². The fraction of sp³-hybridized carbons (Fsp3) is 0.214. The summed E-state index contributed by atoms with van der Waals surface area (Å²) in [6, 6.07) is 10.6. The minimum absolute atomic E-state index is 0.168. The quantitative estimate of drug-likeness (QED) is 0.899. The Hall–Kier alpha value is -1.94. The first-order chi connectivity index (χ1) is 8.65. The number of benzene rings is 1. The zero-order valence-electron chi connectivity index (χ0n) is 10.3. The number of pyridine rings is 1. The monoisotopic (exact) mass is 245 g/mol. The SMILES string of the molecule is CN(Cc1ccnc(N)c1)Cc1ccccc1F. The van der Waals surface area contributed by atoms with Crippen LogP contribution in [0.2, 0.25) is 0 Å². The number of rotatable bonds is 4. The third-order valence-corrected chi connectivity index (χ3v) is 2.70. The van der Waals surface area contributed by atoms with Crippen molar-refractivity contribution in [2.24, 2.45) is 0 Å². The Morgan fingerprint density at radius 1 is 1.22 bits per heavy atom. The average molecular weight is 245 g/mol. The lowest BCUT2D eigenvalue weighted by atomic mass is 10.2. The Balaban J connectivity index is 2.01. The van der Waals surface area contributed by atoms with Crippen LogP contribution in [0.4, 0.5) is 10.2 Å². The van der Waals surface area contributed by atoms with Gasteiger partial charge in [0, 0.05) is 24.8 Å². The number of hydrogen-bond acceptors (Lipinski definition) is 3. The first-order valence-corrected chi connectivity index (χ1v) is 5.77. The molecule has 0 radical (unpaired) electrons. The second kappa shape index (κ2) is 5.60. The molecular weight excluding hydrogens is 229 g/mol. The molecular formula is C14H16FN3. The van der Waals surface area contributed by atoms with Crippen LogP contribution in [0.3, 0.4) is 0 Å². The summed E-state index contributed by atoms with van der Waals surface area (Å²) < 4.78 is 13.5. The first-order valence-electron chi connectivity index (χ1n) is 5.77. The van der Waals surface area contributed by atoms with E-state index in [4.69, 9.17) is 5.73 Å². The molecule has 2 aromatic rings.